The van der Waals surface area contributed by atoms with E-state index in [2.05, 4.69) is 20.6 Å². The highest BCUT2D eigenvalue weighted by molar-refractivity contribution is 7.22. The number of nitrogens with zero attached hydrogens (tertiary/aromatic N) is 4. The van der Waals surface area contributed by atoms with Crippen LogP contribution in [0.5, 0.6) is 0 Å². The lowest BCUT2D eigenvalue weighted by Crippen LogP contribution is -2.46. The van der Waals surface area contributed by atoms with Gasteiger partial charge in [0.1, 0.15) is 0 Å². The number of anilines is 2. The molecule has 1 atom stereocenters. The van der Waals surface area contributed by atoms with Crippen molar-refractivity contribution in [2.75, 3.05) is 25.0 Å². The lowest BCUT2D eigenvalue weighted by molar-refractivity contribution is -0.133. The molecule has 1 fully saturated rings. The Morgan fingerprint density at radius 2 is 2.06 bits per heavy atom. The molecule has 4 aromatic rings. The van der Waals surface area contributed by atoms with Gasteiger partial charge in [-0.05, 0) is 49.2 Å². The largest absolute Gasteiger partial charge is 0.391 e. The first-order valence-corrected chi connectivity index (χ1v) is 12.1. The molecule has 5 rings (SSSR count). The van der Waals surface area contributed by atoms with Crippen molar-refractivity contribution in [1.29, 1.82) is 0 Å². The summed E-state index contributed by atoms with van der Waals surface area (Å²) in [5.41, 5.74) is 2.76. The molecule has 2 aromatic heterocycles. The maximum atomic E-state index is 12.6. The Morgan fingerprint density at radius 3 is 2.88 bits per heavy atom. The van der Waals surface area contributed by atoms with E-state index >= 15 is 0 Å². The van der Waals surface area contributed by atoms with E-state index in [0.29, 0.717) is 46.7 Å². The third-order valence-corrected chi connectivity index (χ3v) is 7.03. The van der Waals surface area contributed by atoms with Crippen LogP contribution < -0.4 is 10.6 Å². The molecule has 0 aliphatic carbocycles. The van der Waals surface area contributed by atoms with E-state index in [1.807, 2.05) is 29.8 Å². The fourth-order valence-corrected chi connectivity index (χ4v) is 5.19. The van der Waals surface area contributed by atoms with Gasteiger partial charge in [-0.3, -0.25) is 9.59 Å². The summed E-state index contributed by atoms with van der Waals surface area (Å²) in [6.07, 6.45) is 0.964. The number of carbonyl (C=O) groups is 2. The third kappa shape index (κ3) is 4.56. The second-order valence-corrected chi connectivity index (χ2v) is 9.74. The smallest absolute Gasteiger partial charge is 0.251 e. The van der Waals surface area contributed by atoms with Crippen LogP contribution in [0.4, 0.5) is 11.1 Å². The van der Waals surface area contributed by atoms with Gasteiger partial charge in [0.25, 0.3) is 5.91 Å². The minimum Gasteiger partial charge on any atom is -0.391 e. The second kappa shape index (κ2) is 9.21. The van der Waals surface area contributed by atoms with E-state index in [1.165, 1.54) is 11.3 Å². The number of hydrogen-bond acceptors (Lipinski definition) is 7. The van der Waals surface area contributed by atoms with Crippen molar-refractivity contribution in [3.8, 4) is 0 Å². The topological polar surface area (TPSA) is 112 Å². The molecular formula is C23H23ClN6O3S. The third-order valence-electron chi connectivity index (χ3n) is 5.86. The number of amides is 2. The molecule has 9 nitrogen and oxygen atoms in total. The molecule has 3 heterocycles. The highest BCUT2D eigenvalue weighted by atomic mass is 35.5. The van der Waals surface area contributed by atoms with E-state index in [0.717, 1.165) is 22.2 Å². The van der Waals surface area contributed by atoms with E-state index in [9.17, 15) is 14.7 Å². The number of thiazole rings is 1. The Labute approximate surface area is 204 Å². The van der Waals surface area contributed by atoms with Crippen LogP contribution in [0.2, 0.25) is 5.02 Å². The van der Waals surface area contributed by atoms with Gasteiger partial charge in [0.05, 0.1) is 33.9 Å². The van der Waals surface area contributed by atoms with E-state index < -0.39 is 6.10 Å². The second-order valence-electron chi connectivity index (χ2n) is 8.27. The van der Waals surface area contributed by atoms with Crippen LogP contribution >= 0.6 is 22.9 Å². The number of nitrogens with one attached hydrogen (secondary N) is 2. The van der Waals surface area contributed by atoms with Crippen molar-refractivity contribution < 1.29 is 14.7 Å². The Morgan fingerprint density at radius 1 is 1.21 bits per heavy atom. The summed E-state index contributed by atoms with van der Waals surface area (Å²) in [4.78, 5) is 35.8. The van der Waals surface area contributed by atoms with Crippen LogP contribution in [0, 0.1) is 0 Å². The molecule has 0 spiro atoms. The SMILES string of the molecule is Cn1c(Nc2nc3ccc(Cl)cc3s2)nc2cc(C(=O)NCC(=O)N3CCCC(O)C3)ccc21. The highest BCUT2D eigenvalue weighted by Crippen LogP contribution is 2.31. The summed E-state index contributed by atoms with van der Waals surface area (Å²) in [5.74, 6) is 0.0437. The maximum absolute atomic E-state index is 12.6. The van der Waals surface area contributed by atoms with Gasteiger partial charge in [0.2, 0.25) is 11.9 Å². The number of aromatic nitrogens is 3. The number of halogens is 1. The number of rotatable bonds is 5. The molecule has 2 amide bonds. The van der Waals surface area contributed by atoms with Gasteiger partial charge in [-0.15, -0.1) is 0 Å². The number of carbonyl (C=O) groups excluding carboxylic acids is 2. The van der Waals surface area contributed by atoms with Crippen LogP contribution in [0.1, 0.15) is 23.2 Å². The van der Waals surface area contributed by atoms with Crippen molar-refractivity contribution in [3.63, 3.8) is 0 Å². The predicted molar refractivity (Wildman–Crippen MR) is 133 cm³/mol. The standard InChI is InChI=1S/C23H23ClN6O3S/c1-29-18-7-4-13(21(33)25-11-20(32)30-8-2-3-15(31)12-30)9-17(18)26-22(29)28-23-27-16-6-5-14(24)10-19(16)34-23/h4-7,9-10,15,31H,2-3,8,11-12H2,1H3,(H,25,33)(H,26,27,28). The summed E-state index contributed by atoms with van der Waals surface area (Å²) in [7, 11) is 1.88. The minimum atomic E-state index is -0.497. The average Bonchev–Trinajstić information content (AvgIpc) is 3.36. The van der Waals surface area contributed by atoms with Gasteiger partial charge in [-0.25, -0.2) is 9.97 Å². The zero-order valence-corrected chi connectivity index (χ0v) is 20.0. The van der Waals surface area contributed by atoms with Crippen LogP contribution in [0.15, 0.2) is 36.4 Å². The molecule has 176 valence electrons. The van der Waals surface area contributed by atoms with Gasteiger partial charge >= 0.3 is 0 Å². The summed E-state index contributed by atoms with van der Waals surface area (Å²) in [5, 5.41) is 17.0. The first-order valence-electron chi connectivity index (χ1n) is 10.9. The Balaban J connectivity index is 1.29. The molecule has 1 unspecified atom stereocenters. The number of fused-ring (bicyclic) bond motifs is 2. The number of benzene rings is 2. The lowest BCUT2D eigenvalue weighted by Gasteiger charge is -2.30. The number of hydrogen-bond donors (Lipinski definition) is 3. The number of likely N-dealkylation sites (tertiary alicyclic amines) is 1. The van der Waals surface area contributed by atoms with Crippen molar-refractivity contribution in [1.82, 2.24) is 24.8 Å². The quantitative estimate of drug-likeness (QED) is 0.389. The minimum absolute atomic E-state index is 0.111. The summed E-state index contributed by atoms with van der Waals surface area (Å²) >= 11 is 7.55. The molecule has 34 heavy (non-hydrogen) atoms. The van der Waals surface area contributed by atoms with Crippen molar-refractivity contribution in [3.05, 3.63) is 47.0 Å². The normalized spacial score (nSPS) is 16.2. The van der Waals surface area contributed by atoms with E-state index in [-0.39, 0.29) is 18.4 Å². The Bertz CT molecular complexity index is 1400. The average molecular weight is 499 g/mol. The molecular weight excluding hydrogens is 476 g/mol. The van der Waals surface area contributed by atoms with Gasteiger partial charge in [-0.1, -0.05) is 22.9 Å². The summed E-state index contributed by atoms with van der Waals surface area (Å²) in [6, 6.07) is 10.8. The predicted octanol–water partition coefficient (Wildman–Crippen LogP) is 3.29. The van der Waals surface area contributed by atoms with Gasteiger partial charge in [-0.2, -0.15) is 0 Å². The van der Waals surface area contributed by atoms with Gasteiger partial charge in [0.15, 0.2) is 5.13 Å². The van der Waals surface area contributed by atoms with E-state index in [4.69, 9.17) is 11.6 Å². The monoisotopic (exact) mass is 498 g/mol. The van der Waals surface area contributed by atoms with E-state index in [1.54, 1.807) is 23.1 Å². The van der Waals surface area contributed by atoms with Gasteiger partial charge in [0, 0.05) is 30.7 Å². The molecule has 0 saturated carbocycles. The number of piperidine rings is 1. The fourth-order valence-electron chi connectivity index (χ4n) is 4.05. The van der Waals surface area contributed by atoms with Crippen LogP contribution in [-0.2, 0) is 11.8 Å². The zero-order valence-electron chi connectivity index (χ0n) is 18.4. The van der Waals surface area contributed by atoms with Crippen molar-refractivity contribution >= 4 is 67.1 Å². The summed E-state index contributed by atoms with van der Waals surface area (Å²) in [6.45, 7) is 0.801. The number of aliphatic hydroxyl groups is 1. The first kappa shape index (κ1) is 22.6. The molecule has 1 aliphatic heterocycles. The zero-order chi connectivity index (χ0) is 23.8. The fraction of sp³-hybridized carbons (Fsp3) is 0.304. The Kier molecular flexibility index (Phi) is 6.11. The van der Waals surface area contributed by atoms with Crippen LogP contribution in [0.3, 0.4) is 0 Å². The van der Waals surface area contributed by atoms with Crippen LogP contribution in [0.25, 0.3) is 21.3 Å². The lowest BCUT2D eigenvalue weighted by atomic mass is 10.1. The number of imidazole rings is 1. The Hall–Kier alpha value is -3.21. The van der Waals surface area contributed by atoms with Crippen molar-refractivity contribution in [2.24, 2.45) is 7.05 Å². The molecule has 3 N–H and O–H groups in total. The molecule has 2 aromatic carbocycles. The number of aryl methyl sites for hydroxylation is 1. The number of aliphatic hydroxyl groups excluding tert-OH is 1. The molecule has 1 aliphatic rings. The van der Waals surface area contributed by atoms with Gasteiger partial charge < -0.3 is 25.2 Å². The number of β-amino-alcohol motifs (C(OH)–C–C–N with tert-alkyl or cyclic N) is 1. The summed E-state index contributed by atoms with van der Waals surface area (Å²) < 4.78 is 2.86. The highest BCUT2D eigenvalue weighted by Gasteiger charge is 2.22. The molecule has 0 radical (unpaired) electrons. The van der Waals surface area contributed by atoms with Crippen LogP contribution in [-0.4, -0.2) is 62.1 Å². The molecule has 11 heteroatoms. The first-order chi connectivity index (χ1) is 16.4. The molecule has 1 saturated heterocycles. The maximum Gasteiger partial charge on any atom is 0.251 e. The van der Waals surface area contributed by atoms with Crippen molar-refractivity contribution in [2.45, 2.75) is 18.9 Å². The molecule has 0 bridgehead atoms.